The van der Waals surface area contributed by atoms with E-state index >= 15 is 0 Å². The molecule has 1 heterocycles. The predicted molar refractivity (Wildman–Crippen MR) is 112 cm³/mol. The molecule has 0 bridgehead atoms. The minimum atomic E-state index is 0.131. The molecule has 1 nitrogen and oxygen atoms in total. The molecule has 0 N–H and O–H groups in total. The fraction of sp³-hybridized carbons (Fsp3) is 0.696. The molecule has 0 aliphatic rings. The summed E-state index contributed by atoms with van der Waals surface area (Å²) in [5, 5.41) is 0. The first-order valence-corrected chi connectivity index (χ1v) is 9.45. The molecule has 0 aliphatic heterocycles. The Bertz CT molecular complexity index is 432. The quantitative estimate of drug-likeness (QED) is 0.503. The Morgan fingerprint density at radius 1 is 0.875 bits per heavy atom. The normalized spacial score (nSPS) is 11.8. The molecular weight excluding hydrogens is 290 g/mol. The second-order valence-corrected chi connectivity index (χ2v) is 8.69. The van der Waals surface area contributed by atoms with Gasteiger partial charge < -0.3 is 0 Å². The Balaban J connectivity index is 0. The summed E-state index contributed by atoms with van der Waals surface area (Å²) >= 11 is 0. The van der Waals surface area contributed by atoms with Crippen LogP contribution in [0.15, 0.2) is 31.5 Å². The van der Waals surface area contributed by atoms with E-state index in [1.807, 2.05) is 13.8 Å². The summed E-state index contributed by atoms with van der Waals surface area (Å²) in [5.74, 6) is 0. The maximum Gasteiger partial charge on any atom is 0.0460 e. The molecule has 0 atom stereocenters. The number of rotatable bonds is 5. The molecule has 1 heteroatoms. The maximum atomic E-state index is 4.78. The molecule has 0 aliphatic carbocycles. The molecular formula is C23H43N. The summed E-state index contributed by atoms with van der Waals surface area (Å²) in [6, 6.07) is 4.51. The Kier molecular flexibility index (Phi) is 11.2. The molecule has 1 aromatic rings. The van der Waals surface area contributed by atoms with Gasteiger partial charge in [-0.25, -0.2) is 0 Å². The van der Waals surface area contributed by atoms with Crippen LogP contribution in [0.3, 0.4) is 0 Å². The van der Waals surface area contributed by atoms with E-state index in [4.69, 9.17) is 4.98 Å². The summed E-state index contributed by atoms with van der Waals surface area (Å²) < 4.78 is 0. The van der Waals surface area contributed by atoms with Crippen molar-refractivity contribution in [3.05, 3.63) is 42.7 Å². The smallest absolute Gasteiger partial charge is 0.0460 e. The van der Waals surface area contributed by atoms with Gasteiger partial charge in [0.1, 0.15) is 0 Å². The standard InChI is InChI=1S/C19H33N.C2H6.C2H4/c1-9-12-18(5,6)15-10-11-16(20-13-15)19(7,8)14-17(2,3)4;2*1-2/h10-11,13H,9,12,14H2,1-8H3;1-2H3;1-2H2. The number of hydrogen-bond donors (Lipinski definition) is 0. The minimum absolute atomic E-state index is 0.131. The van der Waals surface area contributed by atoms with Crippen molar-refractivity contribution in [3.8, 4) is 0 Å². The second kappa shape index (κ2) is 10.7. The fourth-order valence-electron chi connectivity index (χ4n) is 3.38. The van der Waals surface area contributed by atoms with E-state index in [-0.39, 0.29) is 10.8 Å². The third kappa shape index (κ3) is 8.66. The largest absolute Gasteiger partial charge is 0.260 e. The lowest BCUT2D eigenvalue weighted by atomic mass is 9.74. The van der Waals surface area contributed by atoms with Gasteiger partial charge >= 0.3 is 0 Å². The highest BCUT2D eigenvalue weighted by molar-refractivity contribution is 5.25. The van der Waals surface area contributed by atoms with E-state index in [0.717, 1.165) is 6.42 Å². The van der Waals surface area contributed by atoms with Crippen LogP contribution in [0.25, 0.3) is 0 Å². The highest BCUT2D eigenvalue weighted by Gasteiger charge is 2.29. The molecule has 140 valence electrons. The van der Waals surface area contributed by atoms with E-state index in [0.29, 0.717) is 5.41 Å². The van der Waals surface area contributed by atoms with Crippen molar-refractivity contribution in [1.29, 1.82) is 0 Å². The average molecular weight is 334 g/mol. The van der Waals surface area contributed by atoms with Gasteiger partial charge in [-0.1, -0.05) is 81.7 Å². The van der Waals surface area contributed by atoms with Crippen LogP contribution in [0.1, 0.15) is 99.8 Å². The van der Waals surface area contributed by atoms with Crippen molar-refractivity contribution in [2.45, 2.75) is 99.3 Å². The third-order valence-electron chi connectivity index (χ3n) is 4.09. The van der Waals surface area contributed by atoms with Crippen molar-refractivity contribution >= 4 is 0 Å². The highest BCUT2D eigenvalue weighted by Crippen LogP contribution is 2.36. The predicted octanol–water partition coefficient (Wildman–Crippen LogP) is 7.70. The third-order valence-corrected chi connectivity index (χ3v) is 4.09. The first-order valence-electron chi connectivity index (χ1n) is 9.45. The van der Waals surface area contributed by atoms with Crippen molar-refractivity contribution in [3.63, 3.8) is 0 Å². The summed E-state index contributed by atoms with van der Waals surface area (Å²) in [6.07, 6.45) is 5.66. The van der Waals surface area contributed by atoms with Crippen molar-refractivity contribution in [2.24, 2.45) is 5.41 Å². The zero-order valence-corrected chi connectivity index (χ0v) is 18.2. The van der Waals surface area contributed by atoms with Gasteiger partial charge in [-0.15, -0.1) is 13.2 Å². The van der Waals surface area contributed by atoms with Gasteiger partial charge in [-0.2, -0.15) is 0 Å². The van der Waals surface area contributed by atoms with Crippen LogP contribution in [0.2, 0.25) is 0 Å². The lowest BCUT2D eigenvalue weighted by molar-refractivity contribution is 0.279. The summed E-state index contributed by atoms with van der Waals surface area (Å²) in [4.78, 5) is 4.78. The molecule has 0 saturated heterocycles. The number of hydrogen-bond acceptors (Lipinski definition) is 1. The summed E-state index contributed by atoms with van der Waals surface area (Å²) in [7, 11) is 0. The zero-order valence-electron chi connectivity index (χ0n) is 18.2. The zero-order chi connectivity index (χ0) is 19.6. The number of pyridine rings is 1. The van der Waals surface area contributed by atoms with Gasteiger partial charge in [-0.3, -0.25) is 4.98 Å². The molecule has 0 spiro atoms. The van der Waals surface area contributed by atoms with Gasteiger partial charge in [0, 0.05) is 17.3 Å². The number of aromatic nitrogens is 1. The molecule has 0 aromatic carbocycles. The van der Waals surface area contributed by atoms with Crippen molar-refractivity contribution in [1.82, 2.24) is 4.98 Å². The molecule has 0 unspecified atom stereocenters. The SMILES string of the molecule is C=C.CC.CCCC(C)(C)c1ccc(C(C)(C)CC(C)(C)C)nc1. The van der Waals surface area contributed by atoms with Gasteiger partial charge in [-0.05, 0) is 35.3 Å². The monoisotopic (exact) mass is 333 g/mol. The first kappa shape index (κ1) is 25.1. The molecule has 0 amide bonds. The second-order valence-electron chi connectivity index (χ2n) is 8.69. The fourth-order valence-corrected chi connectivity index (χ4v) is 3.38. The van der Waals surface area contributed by atoms with Crippen molar-refractivity contribution < 1.29 is 0 Å². The molecule has 1 aromatic heterocycles. The van der Waals surface area contributed by atoms with E-state index in [1.54, 1.807) is 0 Å². The maximum absolute atomic E-state index is 4.78. The van der Waals surface area contributed by atoms with Crippen LogP contribution in [0, 0.1) is 5.41 Å². The van der Waals surface area contributed by atoms with Gasteiger partial charge in [0.2, 0.25) is 0 Å². The molecule has 0 radical (unpaired) electrons. The van der Waals surface area contributed by atoms with Gasteiger partial charge in [0.25, 0.3) is 0 Å². The molecule has 1 rings (SSSR count). The lowest BCUT2D eigenvalue weighted by Gasteiger charge is -2.32. The van der Waals surface area contributed by atoms with Crippen LogP contribution in [-0.4, -0.2) is 4.98 Å². The Morgan fingerprint density at radius 2 is 1.38 bits per heavy atom. The summed E-state index contributed by atoms with van der Waals surface area (Å²) in [5.41, 5.74) is 3.25. The average Bonchev–Trinajstić information content (AvgIpc) is 2.49. The topological polar surface area (TPSA) is 12.9 Å². The minimum Gasteiger partial charge on any atom is -0.260 e. The molecule has 0 saturated carbocycles. The van der Waals surface area contributed by atoms with E-state index in [2.05, 4.69) is 86.9 Å². The van der Waals surface area contributed by atoms with E-state index < -0.39 is 0 Å². The van der Waals surface area contributed by atoms with Gasteiger partial charge in [0.05, 0.1) is 0 Å². The van der Waals surface area contributed by atoms with Crippen molar-refractivity contribution in [2.75, 3.05) is 0 Å². The first-order chi connectivity index (χ1) is 11.0. The highest BCUT2D eigenvalue weighted by atomic mass is 14.7. The van der Waals surface area contributed by atoms with Crippen LogP contribution < -0.4 is 0 Å². The van der Waals surface area contributed by atoms with Crippen LogP contribution in [0.4, 0.5) is 0 Å². The number of nitrogens with zero attached hydrogens (tertiary/aromatic N) is 1. The lowest BCUT2D eigenvalue weighted by Crippen LogP contribution is -2.26. The Morgan fingerprint density at radius 3 is 1.71 bits per heavy atom. The van der Waals surface area contributed by atoms with Crippen LogP contribution >= 0.6 is 0 Å². The van der Waals surface area contributed by atoms with Crippen LogP contribution in [0.5, 0.6) is 0 Å². The Hall–Kier alpha value is -1.11. The summed E-state index contributed by atoms with van der Waals surface area (Å²) in [6.45, 7) is 28.4. The Labute approximate surface area is 153 Å². The van der Waals surface area contributed by atoms with E-state index in [9.17, 15) is 0 Å². The van der Waals surface area contributed by atoms with E-state index in [1.165, 1.54) is 24.1 Å². The molecule has 24 heavy (non-hydrogen) atoms. The van der Waals surface area contributed by atoms with Gasteiger partial charge in [0.15, 0.2) is 0 Å². The molecule has 0 fully saturated rings. The van der Waals surface area contributed by atoms with Crippen LogP contribution in [-0.2, 0) is 10.8 Å².